The number of hydrogen-bond acceptors (Lipinski definition) is 6. The van der Waals surface area contributed by atoms with E-state index >= 15 is 0 Å². The minimum atomic E-state index is -3.77. The quantitative estimate of drug-likeness (QED) is 0.207. The van der Waals surface area contributed by atoms with Crippen molar-refractivity contribution in [2.45, 2.75) is 10.6 Å². The fourth-order valence-corrected chi connectivity index (χ4v) is 2.59. The molecule has 0 saturated heterocycles. The zero-order valence-electron chi connectivity index (χ0n) is 12.8. The van der Waals surface area contributed by atoms with Crippen molar-refractivity contribution in [1.82, 2.24) is 10.9 Å². The molecule has 6 N–H and O–H groups in total. The molecule has 8 nitrogen and oxygen atoms in total. The second-order valence-corrected chi connectivity index (χ2v) is 6.99. The molecule has 2 rings (SSSR count). The van der Waals surface area contributed by atoms with Crippen molar-refractivity contribution in [2.75, 3.05) is 5.32 Å². The maximum atomic E-state index is 11.2. The van der Waals surface area contributed by atoms with Gasteiger partial charge >= 0.3 is 0 Å². The van der Waals surface area contributed by atoms with Crippen molar-refractivity contribution in [3.8, 4) is 0 Å². The molecule has 0 fully saturated rings. The molecule has 10 heteroatoms. The summed E-state index contributed by atoms with van der Waals surface area (Å²) >= 11 is 5.05. The molecule has 0 amide bonds. The van der Waals surface area contributed by atoms with Gasteiger partial charge in [0.2, 0.25) is 15.7 Å². The maximum Gasteiger partial charge on any atom is 0.238 e. The molecule has 0 aliphatic carbocycles. The fraction of sp³-hybridized carbons (Fsp3) is 0.0667. The molecule has 25 heavy (non-hydrogen) atoms. The smallest absolute Gasteiger partial charge is 0.238 e. The summed E-state index contributed by atoms with van der Waals surface area (Å²) in [5.74, 6) is 0. The van der Waals surface area contributed by atoms with Crippen molar-refractivity contribution >= 4 is 39.3 Å². The number of thiocarbonyl (C=S) groups is 1. The summed E-state index contributed by atoms with van der Waals surface area (Å²) in [6, 6.07) is 13.8. The third-order valence-corrected chi connectivity index (χ3v) is 4.33. The minimum absolute atomic E-state index is 0.0329. The third-order valence-electron chi connectivity index (χ3n) is 3.19. The Bertz CT molecular complexity index is 857. The monoisotopic (exact) mass is 380 g/mol. The Morgan fingerprint density at radius 2 is 1.72 bits per heavy atom. The summed E-state index contributed by atoms with van der Waals surface area (Å²) in [4.78, 5) is 11.2. The summed E-state index contributed by atoms with van der Waals surface area (Å²) < 4.78 is 22.4. The van der Waals surface area contributed by atoms with Crippen molar-refractivity contribution in [3.05, 3.63) is 60.2 Å². The highest BCUT2D eigenvalue weighted by atomic mass is 32.2. The average Bonchev–Trinajstić information content (AvgIpc) is 2.60. The lowest BCUT2D eigenvalue weighted by Crippen LogP contribution is -2.54. The van der Waals surface area contributed by atoms with Crippen LogP contribution in [0.2, 0.25) is 0 Å². The minimum Gasteiger partial charge on any atom is -0.364 e. The second-order valence-electron chi connectivity index (χ2n) is 5.02. The van der Waals surface area contributed by atoms with E-state index in [9.17, 15) is 18.3 Å². The molecule has 2 aromatic carbocycles. The van der Waals surface area contributed by atoms with Crippen LogP contribution in [0, 0.1) is 0 Å². The fourth-order valence-electron chi connectivity index (χ4n) is 1.90. The highest BCUT2D eigenvalue weighted by Gasteiger charge is 2.28. The van der Waals surface area contributed by atoms with Gasteiger partial charge in [-0.05, 0) is 36.5 Å². The Kier molecular flexibility index (Phi) is 5.82. The van der Waals surface area contributed by atoms with Crippen LogP contribution in [0.4, 0.5) is 5.69 Å². The Morgan fingerprint density at radius 1 is 1.12 bits per heavy atom. The summed E-state index contributed by atoms with van der Waals surface area (Å²) in [7, 11) is -3.77. The zero-order valence-corrected chi connectivity index (χ0v) is 14.5. The lowest BCUT2D eigenvalue weighted by atomic mass is 10.1. The van der Waals surface area contributed by atoms with E-state index in [4.69, 9.17) is 17.4 Å². The third kappa shape index (κ3) is 5.05. The predicted octanol–water partition coefficient (Wildman–Crippen LogP) is 0.169. The number of hydrazine groups is 1. The number of sulfonamides is 1. The van der Waals surface area contributed by atoms with Crippen molar-refractivity contribution in [1.29, 1.82) is 0 Å². The van der Waals surface area contributed by atoms with Crippen LogP contribution in [0.15, 0.2) is 59.5 Å². The van der Waals surface area contributed by atoms with Gasteiger partial charge in [0, 0.05) is 11.3 Å². The summed E-state index contributed by atoms with van der Waals surface area (Å²) in [6.45, 7) is 0. The van der Waals surface area contributed by atoms with Gasteiger partial charge in [0.25, 0.3) is 0 Å². The van der Waals surface area contributed by atoms with Crippen LogP contribution in [0.25, 0.3) is 0 Å². The van der Waals surface area contributed by atoms with Gasteiger partial charge < -0.3 is 10.4 Å². The highest BCUT2D eigenvalue weighted by molar-refractivity contribution is 7.89. The van der Waals surface area contributed by atoms with Gasteiger partial charge in [-0.25, -0.2) is 13.6 Å². The number of aliphatic hydroxyl groups is 1. The summed E-state index contributed by atoms with van der Waals surface area (Å²) in [5.41, 5.74) is 3.80. The lowest BCUT2D eigenvalue weighted by molar-refractivity contribution is -0.129. The summed E-state index contributed by atoms with van der Waals surface area (Å²) in [6.07, 6.45) is 0.332. The number of anilines is 1. The molecule has 1 unspecified atom stereocenters. The van der Waals surface area contributed by atoms with E-state index in [2.05, 4.69) is 16.2 Å². The van der Waals surface area contributed by atoms with Gasteiger partial charge in [-0.15, -0.1) is 0 Å². The lowest BCUT2D eigenvalue weighted by Gasteiger charge is -2.25. The van der Waals surface area contributed by atoms with Crippen LogP contribution in [0.5, 0.6) is 0 Å². The zero-order chi connectivity index (χ0) is 18.5. The SMILES string of the molecule is NS(=O)(=O)c1ccc(NC(=S)NNC(O)(C=O)c2ccccc2)cc1. The predicted molar refractivity (Wildman–Crippen MR) is 96.7 cm³/mol. The van der Waals surface area contributed by atoms with Gasteiger partial charge in [0.1, 0.15) is 0 Å². The van der Waals surface area contributed by atoms with E-state index in [1.54, 1.807) is 30.3 Å². The Balaban J connectivity index is 1.99. The maximum absolute atomic E-state index is 11.2. The van der Waals surface area contributed by atoms with Crippen LogP contribution in [-0.4, -0.2) is 24.9 Å². The van der Waals surface area contributed by atoms with Gasteiger partial charge in [0.05, 0.1) is 4.90 Å². The van der Waals surface area contributed by atoms with Gasteiger partial charge in [-0.3, -0.25) is 10.2 Å². The van der Waals surface area contributed by atoms with Crippen LogP contribution in [0.3, 0.4) is 0 Å². The number of primary sulfonamides is 1. The number of hydrogen-bond donors (Lipinski definition) is 5. The molecule has 0 aliphatic rings. The molecule has 0 radical (unpaired) electrons. The topological polar surface area (TPSA) is 134 Å². The van der Waals surface area contributed by atoms with E-state index in [1.165, 1.54) is 24.3 Å². The molecule has 0 heterocycles. The molecule has 1 atom stereocenters. The molecule has 0 aromatic heterocycles. The standard InChI is InChI=1S/C15H16N4O4S2/c16-25(22,23)13-8-6-12(7-9-13)17-14(24)18-19-15(21,10-20)11-4-2-1-3-5-11/h1-10,19,21H,(H2,16,22,23)(H2,17,18,24). The first-order valence-electron chi connectivity index (χ1n) is 6.96. The van der Waals surface area contributed by atoms with E-state index in [0.29, 0.717) is 17.5 Å². The van der Waals surface area contributed by atoms with E-state index < -0.39 is 15.7 Å². The largest absolute Gasteiger partial charge is 0.364 e. The van der Waals surface area contributed by atoms with Crippen molar-refractivity contribution < 1.29 is 18.3 Å². The van der Waals surface area contributed by atoms with Crippen LogP contribution in [-0.2, 0) is 20.5 Å². The Labute approximate surface area is 150 Å². The average molecular weight is 380 g/mol. The Morgan fingerprint density at radius 3 is 2.24 bits per heavy atom. The molecule has 0 spiro atoms. The normalized spacial score (nSPS) is 13.5. The molecular formula is C15H16N4O4S2. The van der Waals surface area contributed by atoms with E-state index in [0.717, 1.165) is 0 Å². The Hall–Kier alpha value is -2.37. The molecule has 2 aromatic rings. The summed E-state index contributed by atoms with van der Waals surface area (Å²) in [5, 5.41) is 18.2. The number of carbonyl (C=O) groups is 1. The first-order valence-corrected chi connectivity index (χ1v) is 8.91. The first-order chi connectivity index (χ1) is 11.7. The van der Waals surface area contributed by atoms with Crippen LogP contribution in [0.1, 0.15) is 5.56 Å². The molecule has 0 bridgehead atoms. The number of rotatable bonds is 6. The van der Waals surface area contributed by atoms with Crippen LogP contribution >= 0.6 is 12.2 Å². The van der Waals surface area contributed by atoms with Gasteiger partial charge in [0.15, 0.2) is 11.4 Å². The van der Waals surface area contributed by atoms with Crippen molar-refractivity contribution in [3.63, 3.8) is 0 Å². The number of carbonyl (C=O) groups excluding carboxylic acids is 1. The molecular weight excluding hydrogens is 364 g/mol. The van der Waals surface area contributed by atoms with E-state index in [1.807, 2.05) is 0 Å². The molecule has 132 valence electrons. The highest BCUT2D eigenvalue weighted by Crippen LogP contribution is 2.15. The number of aldehydes is 1. The number of nitrogens with two attached hydrogens (primary N) is 1. The number of nitrogens with one attached hydrogen (secondary N) is 3. The molecule has 0 saturated carbocycles. The van der Waals surface area contributed by atoms with Gasteiger partial charge in [-0.1, -0.05) is 30.3 Å². The second kappa shape index (κ2) is 7.68. The molecule has 0 aliphatic heterocycles. The van der Waals surface area contributed by atoms with Gasteiger partial charge in [-0.2, -0.15) is 5.43 Å². The van der Waals surface area contributed by atoms with E-state index in [-0.39, 0.29) is 10.0 Å². The van der Waals surface area contributed by atoms with Crippen LogP contribution < -0.4 is 21.3 Å². The van der Waals surface area contributed by atoms with Crippen molar-refractivity contribution in [2.24, 2.45) is 5.14 Å². The number of benzene rings is 2. The first kappa shape index (κ1) is 19.0.